The zero-order valence-electron chi connectivity index (χ0n) is 11.4. The van der Waals surface area contributed by atoms with Crippen molar-refractivity contribution in [1.82, 2.24) is 0 Å². The molecule has 0 saturated carbocycles. The van der Waals surface area contributed by atoms with Crippen LogP contribution in [-0.4, -0.2) is 6.03 Å². The number of anilines is 2. The van der Waals surface area contributed by atoms with Crippen LogP contribution >= 0.6 is 0 Å². The summed E-state index contributed by atoms with van der Waals surface area (Å²) in [5.41, 5.74) is 7.00. The average molecular weight is 291 g/mol. The molecule has 0 radical (unpaired) electrons. The van der Waals surface area contributed by atoms with Crippen molar-refractivity contribution in [2.45, 2.75) is 13.0 Å². The third-order valence-electron chi connectivity index (χ3n) is 2.88. The van der Waals surface area contributed by atoms with Gasteiger partial charge in [-0.15, -0.1) is 0 Å². The quantitative estimate of drug-likeness (QED) is 0.808. The third kappa shape index (κ3) is 3.76. The van der Waals surface area contributed by atoms with Gasteiger partial charge < -0.3 is 16.4 Å². The summed E-state index contributed by atoms with van der Waals surface area (Å²) in [5.74, 6) is -1.55. The van der Waals surface area contributed by atoms with E-state index in [1.54, 1.807) is 31.2 Å². The number of hydrogen-bond acceptors (Lipinski definition) is 2. The first-order chi connectivity index (χ1) is 9.97. The Hall–Kier alpha value is -2.47. The van der Waals surface area contributed by atoms with Gasteiger partial charge in [0.15, 0.2) is 0 Å². The van der Waals surface area contributed by atoms with Gasteiger partial charge in [-0.25, -0.2) is 13.6 Å². The van der Waals surface area contributed by atoms with Crippen LogP contribution in [0.25, 0.3) is 0 Å². The number of halogens is 2. The molecular weight excluding hydrogens is 276 g/mol. The van der Waals surface area contributed by atoms with Gasteiger partial charge in [0.05, 0.1) is 5.69 Å². The second-order valence-corrected chi connectivity index (χ2v) is 4.58. The molecule has 0 aliphatic heterocycles. The van der Waals surface area contributed by atoms with Crippen molar-refractivity contribution in [2.24, 2.45) is 5.73 Å². The van der Waals surface area contributed by atoms with Gasteiger partial charge >= 0.3 is 6.03 Å². The smallest absolute Gasteiger partial charge is 0.323 e. The van der Waals surface area contributed by atoms with Crippen LogP contribution in [0.4, 0.5) is 25.0 Å². The maximum atomic E-state index is 13.5. The van der Waals surface area contributed by atoms with E-state index >= 15 is 0 Å². The number of rotatable bonds is 3. The number of nitrogens with two attached hydrogens (primary N) is 1. The van der Waals surface area contributed by atoms with E-state index in [4.69, 9.17) is 5.73 Å². The molecule has 1 unspecified atom stereocenters. The maximum Gasteiger partial charge on any atom is 0.323 e. The minimum atomic E-state index is -0.842. The van der Waals surface area contributed by atoms with Gasteiger partial charge in [0, 0.05) is 17.8 Å². The first kappa shape index (κ1) is 14.9. The molecule has 1 atom stereocenters. The number of amides is 2. The molecule has 4 N–H and O–H groups in total. The van der Waals surface area contributed by atoms with Crippen molar-refractivity contribution in [1.29, 1.82) is 0 Å². The van der Waals surface area contributed by atoms with Gasteiger partial charge in [0.1, 0.15) is 11.6 Å². The first-order valence-corrected chi connectivity index (χ1v) is 6.35. The molecule has 2 aromatic rings. The molecule has 2 aromatic carbocycles. The summed E-state index contributed by atoms with van der Waals surface area (Å²) in [5, 5.41) is 4.91. The van der Waals surface area contributed by atoms with Gasteiger partial charge in [0.2, 0.25) is 0 Å². The van der Waals surface area contributed by atoms with Gasteiger partial charge in [-0.3, -0.25) is 0 Å². The highest BCUT2D eigenvalue weighted by atomic mass is 19.1. The van der Waals surface area contributed by atoms with Crippen LogP contribution in [0.2, 0.25) is 0 Å². The number of urea groups is 1. The van der Waals surface area contributed by atoms with E-state index in [9.17, 15) is 13.6 Å². The highest BCUT2D eigenvalue weighted by molar-refractivity contribution is 6.00. The van der Waals surface area contributed by atoms with Gasteiger partial charge in [0.25, 0.3) is 0 Å². The Morgan fingerprint density at radius 1 is 1.10 bits per heavy atom. The van der Waals surface area contributed by atoms with Crippen molar-refractivity contribution >= 4 is 17.4 Å². The van der Waals surface area contributed by atoms with Crippen molar-refractivity contribution in [3.8, 4) is 0 Å². The number of carbonyl (C=O) groups is 1. The Balaban J connectivity index is 2.12. The number of carbonyl (C=O) groups excluding carboxylic acids is 1. The Bertz CT molecular complexity index is 659. The van der Waals surface area contributed by atoms with E-state index in [0.717, 1.165) is 17.7 Å². The Morgan fingerprint density at radius 3 is 2.43 bits per heavy atom. The minimum absolute atomic E-state index is 0.104. The molecule has 0 aliphatic rings. The molecule has 0 fully saturated rings. The summed E-state index contributed by atoms with van der Waals surface area (Å²) in [6.07, 6.45) is 0. The predicted octanol–water partition coefficient (Wildman–Crippen LogP) is 3.63. The molecule has 21 heavy (non-hydrogen) atoms. The molecular formula is C15H15F2N3O. The van der Waals surface area contributed by atoms with Gasteiger partial charge in [-0.2, -0.15) is 0 Å². The highest BCUT2D eigenvalue weighted by Crippen LogP contribution is 2.21. The van der Waals surface area contributed by atoms with Crippen molar-refractivity contribution < 1.29 is 13.6 Å². The van der Waals surface area contributed by atoms with Crippen LogP contribution in [0.5, 0.6) is 0 Å². The third-order valence-corrected chi connectivity index (χ3v) is 2.88. The van der Waals surface area contributed by atoms with Crippen LogP contribution in [0.1, 0.15) is 18.5 Å². The molecule has 6 heteroatoms. The maximum absolute atomic E-state index is 13.5. The Labute approximate surface area is 121 Å². The summed E-state index contributed by atoms with van der Waals surface area (Å²) in [4.78, 5) is 11.9. The minimum Gasteiger partial charge on any atom is -0.324 e. The monoisotopic (exact) mass is 291 g/mol. The Kier molecular flexibility index (Phi) is 4.49. The lowest BCUT2D eigenvalue weighted by Gasteiger charge is -2.14. The number of nitrogens with one attached hydrogen (secondary N) is 2. The predicted molar refractivity (Wildman–Crippen MR) is 78.0 cm³/mol. The van der Waals surface area contributed by atoms with E-state index in [1.165, 1.54) is 0 Å². The van der Waals surface area contributed by atoms with Crippen molar-refractivity contribution in [2.75, 3.05) is 10.6 Å². The molecule has 2 rings (SSSR count). The second kappa shape index (κ2) is 6.32. The van der Waals surface area contributed by atoms with Gasteiger partial charge in [-0.05, 0) is 30.7 Å². The lowest BCUT2D eigenvalue weighted by atomic mass is 10.1. The number of para-hydroxylation sites is 1. The SMILES string of the molecule is CC(N)c1ccccc1NC(=O)Nc1ccc(F)cc1F. The average Bonchev–Trinajstić information content (AvgIpc) is 2.42. The lowest BCUT2D eigenvalue weighted by molar-refractivity contribution is 0.262. The molecule has 2 amide bonds. The lowest BCUT2D eigenvalue weighted by Crippen LogP contribution is -2.22. The molecule has 0 heterocycles. The fourth-order valence-electron chi connectivity index (χ4n) is 1.87. The fraction of sp³-hybridized carbons (Fsp3) is 0.133. The van der Waals surface area contributed by atoms with E-state index < -0.39 is 17.7 Å². The zero-order valence-corrected chi connectivity index (χ0v) is 11.4. The zero-order chi connectivity index (χ0) is 15.4. The second-order valence-electron chi connectivity index (χ2n) is 4.58. The number of hydrogen-bond donors (Lipinski definition) is 3. The number of benzene rings is 2. The molecule has 0 bridgehead atoms. The first-order valence-electron chi connectivity index (χ1n) is 6.35. The van der Waals surface area contributed by atoms with Crippen LogP contribution < -0.4 is 16.4 Å². The molecule has 0 aromatic heterocycles. The van der Waals surface area contributed by atoms with E-state index in [-0.39, 0.29) is 11.7 Å². The summed E-state index contributed by atoms with van der Waals surface area (Å²) >= 11 is 0. The summed E-state index contributed by atoms with van der Waals surface area (Å²) in [6, 6.07) is 9.07. The largest absolute Gasteiger partial charge is 0.324 e. The van der Waals surface area contributed by atoms with Crippen molar-refractivity contribution in [3.05, 3.63) is 59.7 Å². The van der Waals surface area contributed by atoms with E-state index in [2.05, 4.69) is 10.6 Å². The topological polar surface area (TPSA) is 67.1 Å². The Morgan fingerprint density at radius 2 is 1.76 bits per heavy atom. The van der Waals surface area contributed by atoms with Crippen LogP contribution in [0.3, 0.4) is 0 Å². The summed E-state index contributed by atoms with van der Waals surface area (Å²) in [7, 11) is 0. The van der Waals surface area contributed by atoms with Crippen LogP contribution in [-0.2, 0) is 0 Å². The van der Waals surface area contributed by atoms with Gasteiger partial charge in [-0.1, -0.05) is 18.2 Å². The molecule has 4 nitrogen and oxygen atoms in total. The molecule has 0 aliphatic carbocycles. The highest BCUT2D eigenvalue weighted by Gasteiger charge is 2.11. The molecule has 0 spiro atoms. The standard InChI is InChI=1S/C15H15F2N3O/c1-9(18)11-4-2-3-5-13(11)19-15(21)20-14-7-6-10(16)8-12(14)17/h2-9H,18H2,1H3,(H2,19,20,21). The van der Waals surface area contributed by atoms with E-state index in [0.29, 0.717) is 11.8 Å². The van der Waals surface area contributed by atoms with Crippen LogP contribution in [0, 0.1) is 11.6 Å². The summed E-state index contributed by atoms with van der Waals surface area (Å²) in [6.45, 7) is 1.79. The van der Waals surface area contributed by atoms with E-state index in [1.807, 2.05) is 0 Å². The normalized spacial score (nSPS) is 11.8. The van der Waals surface area contributed by atoms with Crippen molar-refractivity contribution in [3.63, 3.8) is 0 Å². The molecule has 110 valence electrons. The van der Waals surface area contributed by atoms with Crippen LogP contribution in [0.15, 0.2) is 42.5 Å². The fourth-order valence-corrected chi connectivity index (χ4v) is 1.87. The molecule has 0 saturated heterocycles. The summed E-state index contributed by atoms with van der Waals surface area (Å²) < 4.78 is 26.2.